The van der Waals surface area contributed by atoms with Crippen LogP contribution in [0.25, 0.3) is 0 Å². The highest BCUT2D eigenvalue weighted by atomic mass is 35.5. The Balaban J connectivity index is 2.23. The minimum Gasteiger partial charge on any atom is -0.457 e. The zero-order chi connectivity index (χ0) is 15.4. The lowest BCUT2D eigenvalue weighted by molar-refractivity contribution is 0.453. The molecule has 2 aromatic carbocycles. The molecule has 0 fully saturated rings. The molecule has 2 aromatic rings. The Hall–Kier alpha value is -1.65. The van der Waals surface area contributed by atoms with Gasteiger partial charge in [0, 0.05) is 29.2 Å². The molecule has 0 heterocycles. The van der Waals surface area contributed by atoms with Crippen LogP contribution in [-0.2, 0) is 6.54 Å². The first-order valence-corrected chi connectivity index (χ1v) is 6.98. The minimum atomic E-state index is -0.941. The van der Waals surface area contributed by atoms with Crippen LogP contribution in [0.4, 0.5) is 8.78 Å². The molecule has 0 aliphatic heterocycles. The number of hydrogen-bond acceptors (Lipinski definition) is 2. The van der Waals surface area contributed by atoms with E-state index in [1.165, 1.54) is 6.07 Å². The molecule has 0 unspecified atom stereocenters. The van der Waals surface area contributed by atoms with E-state index in [0.29, 0.717) is 23.4 Å². The third kappa shape index (κ3) is 4.41. The average molecular weight is 312 g/mol. The Morgan fingerprint density at radius 1 is 1.10 bits per heavy atom. The maximum absolute atomic E-state index is 13.2. The van der Waals surface area contributed by atoms with Gasteiger partial charge in [0.1, 0.15) is 11.5 Å². The standard InChI is InChI=1S/C16H16ClF2NO/c1-10(2)20-9-11-7-12(17)3-6-16(11)21-13-4-5-14(18)15(19)8-13/h3-8,10,20H,9H2,1-2H3. The Morgan fingerprint density at radius 2 is 1.86 bits per heavy atom. The van der Waals surface area contributed by atoms with Gasteiger partial charge in [-0.1, -0.05) is 25.4 Å². The number of halogens is 3. The third-order valence-electron chi connectivity index (χ3n) is 2.84. The molecule has 112 valence electrons. The first-order valence-electron chi connectivity index (χ1n) is 6.60. The predicted octanol–water partition coefficient (Wildman–Crippen LogP) is 4.91. The summed E-state index contributed by atoms with van der Waals surface area (Å²) < 4.78 is 31.8. The van der Waals surface area contributed by atoms with Crippen LogP contribution in [0.2, 0.25) is 5.02 Å². The van der Waals surface area contributed by atoms with E-state index < -0.39 is 11.6 Å². The summed E-state index contributed by atoms with van der Waals surface area (Å²) in [5.41, 5.74) is 0.848. The molecule has 0 bridgehead atoms. The van der Waals surface area contributed by atoms with Gasteiger partial charge in [0.2, 0.25) is 0 Å². The van der Waals surface area contributed by atoms with Crippen molar-refractivity contribution >= 4 is 11.6 Å². The van der Waals surface area contributed by atoms with Gasteiger partial charge in [0.15, 0.2) is 11.6 Å². The largest absolute Gasteiger partial charge is 0.457 e. The van der Waals surface area contributed by atoms with Crippen molar-refractivity contribution in [3.63, 3.8) is 0 Å². The van der Waals surface area contributed by atoms with Crippen molar-refractivity contribution in [2.75, 3.05) is 0 Å². The number of nitrogens with one attached hydrogen (secondary N) is 1. The molecule has 0 aromatic heterocycles. The van der Waals surface area contributed by atoms with Gasteiger partial charge in [0.25, 0.3) is 0 Å². The van der Waals surface area contributed by atoms with Gasteiger partial charge in [-0.25, -0.2) is 8.78 Å². The second kappa shape index (κ2) is 6.87. The van der Waals surface area contributed by atoms with Crippen LogP contribution in [0.3, 0.4) is 0 Å². The summed E-state index contributed by atoms with van der Waals surface area (Å²) in [7, 11) is 0. The molecule has 0 atom stereocenters. The van der Waals surface area contributed by atoms with Crippen molar-refractivity contribution in [2.24, 2.45) is 0 Å². The summed E-state index contributed by atoms with van der Waals surface area (Å²) in [5, 5.41) is 3.85. The fraction of sp³-hybridized carbons (Fsp3) is 0.250. The van der Waals surface area contributed by atoms with E-state index in [4.69, 9.17) is 16.3 Å². The number of benzene rings is 2. The maximum atomic E-state index is 13.2. The monoisotopic (exact) mass is 311 g/mol. The van der Waals surface area contributed by atoms with Gasteiger partial charge in [-0.2, -0.15) is 0 Å². The van der Waals surface area contributed by atoms with Crippen molar-refractivity contribution in [3.8, 4) is 11.5 Å². The fourth-order valence-corrected chi connectivity index (χ4v) is 1.96. The predicted molar refractivity (Wildman–Crippen MR) is 79.9 cm³/mol. The third-order valence-corrected chi connectivity index (χ3v) is 3.08. The molecule has 0 spiro atoms. The molecule has 0 aliphatic carbocycles. The second-order valence-corrected chi connectivity index (χ2v) is 5.40. The summed E-state index contributed by atoms with van der Waals surface area (Å²) in [6, 6.07) is 8.92. The Bertz CT molecular complexity index is 632. The Labute approximate surface area is 127 Å². The Kier molecular flexibility index (Phi) is 5.15. The van der Waals surface area contributed by atoms with Crippen molar-refractivity contribution in [3.05, 3.63) is 58.6 Å². The van der Waals surface area contributed by atoms with Crippen LogP contribution in [0.5, 0.6) is 11.5 Å². The highest BCUT2D eigenvalue weighted by molar-refractivity contribution is 6.30. The van der Waals surface area contributed by atoms with Crippen molar-refractivity contribution < 1.29 is 13.5 Å². The highest BCUT2D eigenvalue weighted by Crippen LogP contribution is 2.28. The van der Waals surface area contributed by atoms with Gasteiger partial charge in [-0.15, -0.1) is 0 Å². The van der Waals surface area contributed by atoms with Gasteiger partial charge in [-0.3, -0.25) is 0 Å². The molecule has 0 saturated heterocycles. The molecule has 2 rings (SSSR count). The zero-order valence-corrected chi connectivity index (χ0v) is 12.5. The highest BCUT2D eigenvalue weighted by Gasteiger charge is 2.09. The molecule has 1 N–H and O–H groups in total. The van der Waals surface area contributed by atoms with E-state index in [1.54, 1.807) is 18.2 Å². The lowest BCUT2D eigenvalue weighted by Gasteiger charge is -2.14. The topological polar surface area (TPSA) is 21.3 Å². The molecule has 5 heteroatoms. The fourth-order valence-electron chi connectivity index (χ4n) is 1.77. The molecule has 0 amide bonds. The summed E-state index contributed by atoms with van der Waals surface area (Å²) in [4.78, 5) is 0. The van der Waals surface area contributed by atoms with E-state index in [2.05, 4.69) is 5.32 Å². The number of hydrogen-bond donors (Lipinski definition) is 1. The van der Waals surface area contributed by atoms with Gasteiger partial charge in [0.05, 0.1) is 0 Å². The minimum absolute atomic E-state index is 0.238. The molecular formula is C16H16ClF2NO. The zero-order valence-electron chi connectivity index (χ0n) is 11.8. The van der Waals surface area contributed by atoms with Crippen LogP contribution in [0.15, 0.2) is 36.4 Å². The summed E-state index contributed by atoms with van der Waals surface area (Å²) in [5.74, 6) is -1.05. The van der Waals surface area contributed by atoms with E-state index in [1.807, 2.05) is 13.8 Å². The second-order valence-electron chi connectivity index (χ2n) is 4.97. The summed E-state index contributed by atoms with van der Waals surface area (Å²) >= 11 is 5.99. The smallest absolute Gasteiger partial charge is 0.162 e. The van der Waals surface area contributed by atoms with Crippen molar-refractivity contribution in [1.29, 1.82) is 0 Å². The molecular weight excluding hydrogens is 296 g/mol. The lowest BCUT2D eigenvalue weighted by atomic mass is 10.2. The first-order chi connectivity index (χ1) is 9.95. The Morgan fingerprint density at radius 3 is 2.52 bits per heavy atom. The van der Waals surface area contributed by atoms with Crippen LogP contribution >= 0.6 is 11.6 Å². The van der Waals surface area contributed by atoms with Crippen molar-refractivity contribution in [2.45, 2.75) is 26.4 Å². The van der Waals surface area contributed by atoms with Crippen LogP contribution < -0.4 is 10.1 Å². The molecule has 0 saturated carbocycles. The van der Waals surface area contributed by atoms with E-state index in [-0.39, 0.29) is 5.75 Å². The summed E-state index contributed by atoms with van der Waals surface area (Å²) in [6.07, 6.45) is 0. The quantitative estimate of drug-likeness (QED) is 0.847. The van der Waals surface area contributed by atoms with Gasteiger partial charge >= 0.3 is 0 Å². The number of rotatable bonds is 5. The average Bonchev–Trinajstić information content (AvgIpc) is 2.43. The summed E-state index contributed by atoms with van der Waals surface area (Å²) in [6.45, 7) is 4.62. The van der Waals surface area contributed by atoms with Gasteiger partial charge in [-0.05, 0) is 30.3 Å². The van der Waals surface area contributed by atoms with Crippen LogP contribution in [0, 0.1) is 11.6 Å². The normalized spacial score (nSPS) is 11.0. The van der Waals surface area contributed by atoms with Gasteiger partial charge < -0.3 is 10.1 Å². The number of ether oxygens (including phenoxy) is 1. The van der Waals surface area contributed by atoms with Crippen LogP contribution in [-0.4, -0.2) is 6.04 Å². The van der Waals surface area contributed by atoms with Crippen LogP contribution in [0.1, 0.15) is 19.4 Å². The van der Waals surface area contributed by atoms with E-state index in [9.17, 15) is 8.78 Å². The molecule has 0 radical (unpaired) electrons. The lowest BCUT2D eigenvalue weighted by Crippen LogP contribution is -2.22. The molecule has 0 aliphatic rings. The first kappa shape index (κ1) is 15.7. The molecule has 21 heavy (non-hydrogen) atoms. The molecule has 2 nitrogen and oxygen atoms in total. The van der Waals surface area contributed by atoms with Crippen molar-refractivity contribution in [1.82, 2.24) is 5.32 Å². The SMILES string of the molecule is CC(C)NCc1cc(Cl)ccc1Oc1ccc(F)c(F)c1. The maximum Gasteiger partial charge on any atom is 0.162 e. The van der Waals surface area contributed by atoms with E-state index >= 15 is 0 Å². The van der Waals surface area contributed by atoms with E-state index in [0.717, 1.165) is 17.7 Å².